The van der Waals surface area contributed by atoms with Crippen LogP contribution in [0.15, 0.2) is 59.0 Å². The summed E-state index contributed by atoms with van der Waals surface area (Å²) in [7, 11) is 0. The van der Waals surface area contributed by atoms with Gasteiger partial charge in [-0.3, -0.25) is 9.59 Å². The van der Waals surface area contributed by atoms with E-state index in [1.54, 1.807) is 31.2 Å². The summed E-state index contributed by atoms with van der Waals surface area (Å²) < 4.78 is 11.4. The highest BCUT2D eigenvalue weighted by Gasteiger charge is 2.26. The van der Waals surface area contributed by atoms with Crippen LogP contribution in [-0.2, 0) is 4.79 Å². The molecule has 0 saturated heterocycles. The average Bonchev–Trinajstić information content (AvgIpc) is 3.00. The fourth-order valence-corrected chi connectivity index (χ4v) is 2.71. The van der Waals surface area contributed by atoms with E-state index in [1.807, 2.05) is 51.1 Å². The van der Waals surface area contributed by atoms with Crippen LogP contribution < -0.4 is 15.4 Å². The number of carbonyl (C=O) groups excluding carboxylic acids is 2. The third-order valence-corrected chi connectivity index (χ3v) is 3.96. The van der Waals surface area contributed by atoms with E-state index in [-0.39, 0.29) is 11.7 Å². The number of carbonyl (C=O) groups is 2. The third kappa shape index (κ3) is 4.52. The first-order valence-electron chi connectivity index (χ1n) is 9.11. The zero-order valence-corrected chi connectivity index (χ0v) is 16.4. The normalized spacial score (nSPS) is 12.4. The second-order valence-electron chi connectivity index (χ2n) is 7.57. The molecule has 0 aliphatic carbocycles. The van der Waals surface area contributed by atoms with Crippen molar-refractivity contribution >= 4 is 28.5 Å². The molecule has 146 valence electrons. The fraction of sp³-hybridized carbons (Fsp3) is 0.273. The molecule has 3 aromatic rings. The van der Waals surface area contributed by atoms with Crippen LogP contribution in [0.2, 0.25) is 0 Å². The number of ether oxygens (including phenoxy) is 1. The topological polar surface area (TPSA) is 80.6 Å². The van der Waals surface area contributed by atoms with E-state index < -0.39 is 17.6 Å². The van der Waals surface area contributed by atoms with Gasteiger partial charge < -0.3 is 19.8 Å². The molecule has 0 aliphatic heterocycles. The Hall–Kier alpha value is -3.28. The molecule has 0 radical (unpaired) electrons. The van der Waals surface area contributed by atoms with Crippen LogP contribution in [0.3, 0.4) is 0 Å². The Bertz CT molecular complexity index is 987. The Balaban J connectivity index is 1.87. The molecule has 2 amide bonds. The van der Waals surface area contributed by atoms with E-state index in [1.165, 1.54) is 0 Å². The van der Waals surface area contributed by atoms with E-state index in [0.29, 0.717) is 22.4 Å². The predicted octanol–water partition coefficient (Wildman–Crippen LogP) is 4.37. The first-order valence-corrected chi connectivity index (χ1v) is 9.11. The van der Waals surface area contributed by atoms with E-state index in [9.17, 15) is 9.59 Å². The number of fused-ring (bicyclic) bond motifs is 1. The second-order valence-corrected chi connectivity index (χ2v) is 7.57. The maximum atomic E-state index is 12.7. The molecule has 2 aromatic carbocycles. The van der Waals surface area contributed by atoms with Crippen molar-refractivity contribution in [3.63, 3.8) is 0 Å². The number of hydrogen-bond acceptors (Lipinski definition) is 4. The minimum absolute atomic E-state index is 0.0661. The second kappa shape index (κ2) is 7.76. The van der Waals surface area contributed by atoms with Crippen molar-refractivity contribution < 1.29 is 18.7 Å². The van der Waals surface area contributed by atoms with Crippen molar-refractivity contribution in [1.82, 2.24) is 5.32 Å². The fourth-order valence-electron chi connectivity index (χ4n) is 2.71. The highest BCUT2D eigenvalue weighted by Crippen LogP contribution is 2.31. The van der Waals surface area contributed by atoms with Crippen molar-refractivity contribution in [3.05, 3.63) is 60.4 Å². The number of anilines is 1. The Labute approximate surface area is 163 Å². The highest BCUT2D eigenvalue weighted by molar-refractivity contribution is 6.11. The quantitative estimate of drug-likeness (QED) is 0.689. The molecule has 28 heavy (non-hydrogen) atoms. The SMILES string of the molecule is C[C@H](Oc1ccccc1)C(=O)Nc1c(C(=O)NC(C)(C)C)oc2ccccc12. The van der Waals surface area contributed by atoms with Gasteiger partial charge in [-0.1, -0.05) is 30.3 Å². The lowest BCUT2D eigenvalue weighted by Gasteiger charge is -2.20. The molecule has 2 N–H and O–H groups in total. The summed E-state index contributed by atoms with van der Waals surface area (Å²) in [6, 6.07) is 16.3. The summed E-state index contributed by atoms with van der Waals surface area (Å²) in [4.78, 5) is 25.4. The molecule has 0 fully saturated rings. The summed E-state index contributed by atoms with van der Waals surface area (Å²) in [6.45, 7) is 7.28. The summed E-state index contributed by atoms with van der Waals surface area (Å²) >= 11 is 0. The first-order chi connectivity index (χ1) is 13.2. The van der Waals surface area contributed by atoms with Gasteiger partial charge in [-0.25, -0.2) is 0 Å². The molecule has 0 unspecified atom stereocenters. The maximum Gasteiger partial charge on any atom is 0.289 e. The van der Waals surface area contributed by atoms with Gasteiger partial charge in [0.1, 0.15) is 17.0 Å². The van der Waals surface area contributed by atoms with E-state index in [2.05, 4.69) is 10.6 Å². The maximum absolute atomic E-state index is 12.7. The minimum atomic E-state index is -0.755. The first kappa shape index (κ1) is 19.5. The zero-order chi connectivity index (χ0) is 20.3. The Morgan fingerprint density at radius 2 is 1.64 bits per heavy atom. The molecule has 0 aliphatic rings. The standard InChI is InChI=1S/C22H24N2O4/c1-14(27-15-10-6-5-7-11-15)20(25)23-18-16-12-8-9-13-17(16)28-19(18)21(26)24-22(2,3)4/h5-14H,1-4H3,(H,23,25)(H,24,26)/t14-/m0/s1. The summed E-state index contributed by atoms with van der Waals surface area (Å²) in [6.07, 6.45) is -0.755. The number of nitrogens with one attached hydrogen (secondary N) is 2. The lowest BCUT2D eigenvalue weighted by Crippen LogP contribution is -2.41. The van der Waals surface area contributed by atoms with Crippen molar-refractivity contribution in [2.75, 3.05) is 5.32 Å². The molecule has 0 bridgehead atoms. The molecule has 0 saturated carbocycles. The highest BCUT2D eigenvalue weighted by atomic mass is 16.5. The number of furan rings is 1. The van der Waals surface area contributed by atoms with Crippen LogP contribution in [0.1, 0.15) is 38.2 Å². The predicted molar refractivity (Wildman–Crippen MR) is 109 cm³/mol. The summed E-state index contributed by atoms with van der Waals surface area (Å²) in [5.41, 5.74) is 0.417. The van der Waals surface area contributed by atoms with Crippen LogP contribution in [0.4, 0.5) is 5.69 Å². The van der Waals surface area contributed by atoms with Gasteiger partial charge in [0.2, 0.25) is 5.76 Å². The minimum Gasteiger partial charge on any atom is -0.481 e. The van der Waals surface area contributed by atoms with Crippen molar-refractivity contribution in [2.24, 2.45) is 0 Å². The number of hydrogen-bond donors (Lipinski definition) is 2. The molecule has 6 nitrogen and oxygen atoms in total. The zero-order valence-electron chi connectivity index (χ0n) is 16.4. The van der Waals surface area contributed by atoms with Crippen LogP contribution in [0.25, 0.3) is 11.0 Å². The molecule has 1 aromatic heterocycles. The summed E-state index contributed by atoms with van der Waals surface area (Å²) in [5, 5.41) is 6.32. The van der Waals surface area contributed by atoms with Crippen LogP contribution >= 0.6 is 0 Å². The average molecular weight is 380 g/mol. The van der Waals surface area contributed by atoms with Gasteiger partial charge >= 0.3 is 0 Å². The van der Waals surface area contributed by atoms with E-state index in [0.717, 1.165) is 0 Å². The van der Waals surface area contributed by atoms with Gasteiger partial charge in [0.05, 0.1) is 0 Å². The Morgan fingerprint density at radius 1 is 1.00 bits per heavy atom. The largest absolute Gasteiger partial charge is 0.481 e. The third-order valence-electron chi connectivity index (χ3n) is 3.96. The van der Waals surface area contributed by atoms with Gasteiger partial charge in [-0.2, -0.15) is 0 Å². The van der Waals surface area contributed by atoms with Crippen LogP contribution in [0, 0.1) is 0 Å². The monoisotopic (exact) mass is 380 g/mol. The van der Waals surface area contributed by atoms with Gasteiger partial charge in [0, 0.05) is 10.9 Å². The number of amides is 2. The van der Waals surface area contributed by atoms with Crippen LogP contribution in [0.5, 0.6) is 5.75 Å². The molecule has 1 heterocycles. The van der Waals surface area contributed by atoms with Gasteiger partial charge in [-0.05, 0) is 52.0 Å². The molecule has 0 spiro atoms. The molecule has 3 rings (SSSR count). The van der Waals surface area contributed by atoms with Crippen LogP contribution in [-0.4, -0.2) is 23.5 Å². The lowest BCUT2D eigenvalue weighted by atomic mass is 10.1. The smallest absolute Gasteiger partial charge is 0.289 e. The molecular weight excluding hydrogens is 356 g/mol. The lowest BCUT2D eigenvalue weighted by molar-refractivity contribution is -0.122. The van der Waals surface area contributed by atoms with Gasteiger partial charge in [0.25, 0.3) is 11.8 Å². The number of benzene rings is 2. The Morgan fingerprint density at radius 3 is 2.32 bits per heavy atom. The van der Waals surface area contributed by atoms with E-state index in [4.69, 9.17) is 9.15 Å². The molecular formula is C22H24N2O4. The summed E-state index contributed by atoms with van der Waals surface area (Å²) in [5.74, 6) is -0.111. The number of rotatable bonds is 5. The van der Waals surface area contributed by atoms with Gasteiger partial charge in [0.15, 0.2) is 6.10 Å². The Kier molecular flexibility index (Phi) is 5.40. The number of para-hydroxylation sites is 2. The van der Waals surface area contributed by atoms with Crippen molar-refractivity contribution in [3.8, 4) is 5.75 Å². The van der Waals surface area contributed by atoms with Gasteiger partial charge in [-0.15, -0.1) is 0 Å². The molecule has 1 atom stereocenters. The molecule has 6 heteroatoms. The van der Waals surface area contributed by atoms with E-state index >= 15 is 0 Å². The van der Waals surface area contributed by atoms with Crippen molar-refractivity contribution in [1.29, 1.82) is 0 Å². The van der Waals surface area contributed by atoms with Crippen molar-refractivity contribution in [2.45, 2.75) is 39.3 Å².